The quantitative estimate of drug-likeness (QED) is 0.842. The number of nitrogens with one attached hydrogen (secondary N) is 1. The first-order valence-electron chi connectivity index (χ1n) is 6.76. The van der Waals surface area contributed by atoms with Gasteiger partial charge in [-0.1, -0.05) is 0 Å². The van der Waals surface area contributed by atoms with Crippen LogP contribution in [0.1, 0.15) is 36.8 Å². The summed E-state index contributed by atoms with van der Waals surface area (Å²) in [6.45, 7) is 1.70. The van der Waals surface area contributed by atoms with Crippen molar-refractivity contribution in [1.29, 1.82) is 0 Å². The van der Waals surface area contributed by atoms with E-state index in [1.165, 1.54) is 7.11 Å². The van der Waals surface area contributed by atoms with E-state index in [9.17, 15) is 18.7 Å². The van der Waals surface area contributed by atoms with Crippen molar-refractivity contribution in [2.75, 3.05) is 13.7 Å². The maximum Gasteiger partial charge on any atom is 0.352 e. The standard InChI is InChI=1S/C14H19F2NO4/c1-9-4-5-11(21-9)10(8-20-2)17-12(18)14(15,16)13(19)6-3-7-13/h4-5,10,19H,3,6-8H2,1-2H3,(H,17,18). The Bertz CT molecular complexity index is 511. The summed E-state index contributed by atoms with van der Waals surface area (Å²) in [7, 11) is 1.40. The van der Waals surface area contributed by atoms with Gasteiger partial charge in [0.05, 0.1) is 6.61 Å². The van der Waals surface area contributed by atoms with Crippen LogP contribution in [0.15, 0.2) is 16.5 Å². The van der Waals surface area contributed by atoms with Crippen molar-refractivity contribution in [2.45, 2.75) is 43.8 Å². The first-order chi connectivity index (χ1) is 9.80. The van der Waals surface area contributed by atoms with E-state index in [0.717, 1.165) is 0 Å². The predicted octanol–water partition coefficient (Wildman–Crippen LogP) is 1.94. The minimum atomic E-state index is -3.83. The Labute approximate surface area is 121 Å². The number of halogens is 2. The van der Waals surface area contributed by atoms with Crippen LogP contribution in [-0.4, -0.2) is 36.3 Å². The van der Waals surface area contributed by atoms with Gasteiger partial charge < -0.3 is 19.6 Å². The van der Waals surface area contributed by atoms with Gasteiger partial charge in [0.1, 0.15) is 23.2 Å². The molecule has 0 spiro atoms. The Morgan fingerprint density at radius 3 is 2.67 bits per heavy atom. The van der Waals surface area contributed by atoms with Crippen LogP contribution in [0.2, 0.25) is 0 Å². The van der Waals surface area contributed by atoms with Gasteiger partial charge in [-0.05, 0) is 38.3 Å². The molecular weight excluding hydrogens is 284 g/mol. The van der Waals surface area contributed by atoms with Crippen LogP contribution in [-0.2, 0) is 9.53 Å². The van der Waals surface area contributed by atoms with Gasteiger partial charge in [0.2, 0.25) is 0 Å². The van der Waals surface area contributed by atoms with E-state index in [0.29, 0.717) is 17.9 Å². The number of furan rings is 1. The lowest BCUT2D eigenvalue weighted by Gasteiger charge is -2.41. The molecule has 0 aliphatic heterocycles. The smallest absolute Gasteiger partial charge is 0.352 e. The number of hydrogen-bond acceptors (Lipinski definition) is 4. The molecule has 0 radical (unpaired) electrons. The van der Waals surface area contributed by atoms with E-state index < -0.39 is 23.5 Å². The highest BCUT2D eigenvalue weighted by Gasteiger charge is 2.61. The molecule has 118 valence electrons. The number of methoxy groups -OCH3 is 1. The fourth-order valence-electron chi connectivity index (χ4n) is 2.29. The summed E-state index contributed by atoms with van der Waals surface area (Å²) in [4.78, 5) is 11.9. The summed E-state index contributed by atoms with van der Waals surface area (Å²) in [6, 6.07) is 2.43. The lowest BCUT2D eigenvalue weighted by Crippen LogP contribution is -2.61. The second kappa shape index (κ2) is 5.73. The van der Waals surface area contributed by atoms with Gasteiger partial charge >= 0.3 is 5.92 Å². The zero-order valence-corrected chi connectivity index (χ0v) is 12.0. The third kappa shape index (κ3) is 2.94. The normalized spacial score (nSPS) is 18.9. The monoisotopic (exact) mass is 303 g/mol. The van der Waals surface area contributed by atoms with Crippen LogP contribution in [0.25, 0.3) is 0 Å². The van der Waals surface area contributed by atoms with Crippen LogP contribution in [0.4, 0.5) is 8.78 Å². The maximum absolute atomic E-state index is 14.0. The molecule has 7 heteroatoms. The molecule has 1 aliphatic rings. The second-order valence-electron chi connectivity index (χ2n) is 5.39. The number of aryl methyl sites for hydroxylation is 1. The Hall–Kier alpha value is -1.47. The summed E-state index contributed by atoms with van der Waals surface area (Å²) < 4.78 is 38.3. The molecule has 1 heterocycles. The average molecular weight is 303 g/mol. The number of aliphatic hydroxyl groups is 1. The minimum Gasteiger partial charge on any atom is -0.464 e. The fourth-order valence-corrected chi connectivity index (χ4v) is 2.29. The first kappa shape index (κ1) is 15.9. The molecule has 1 aromatic rings. The van der Waals surface area contributed by atoms with Gasteiger partial charge in [0, 0.05) is 7.11 Å². The topological polar surface area (TPSA) is 71.7 Å². The van der Waals surface area contributed by atoms with Crippen molar-refractivity contribution in [2.24, 2.45) is 0 Å². The summed E-state index contributed by atoms with van der Waals surface area (Å²) in [5.74, 6) is -4.41. The summed E-state index contributed by atoms with van der Waals surface area (Å²) in [6.07, 6.45) is 0.322. The number of alkyl halides is 2. The number of ether oxygens (including phenoxy) is 1. The number of carbonyl (C=O) groups is 1. The molecule has 0 saturated heterocycles. The van der Waals surface area contributed by atoms with Crippen molar-refractivity contribution in [3.8, 4) is 0 Å². The van der Waals surface area contributed by atoms with Gasteiger partial charge in [-0.3, -0.25) is 4.79 Å². The lowest BCUT2D eigenvalue weighted by molar-refractivity contribution is -0.216. The molecule has 1 aromatic heterocycles. The van der Waals surface area contributed by atoms with E-state index in [-0.39, 0.29) is 19.4 Å². The molecule has 1 fully saturated rings. The molecule has 1 atom stereocenters. The lowest BCUT2D eigenvalue weighted by atomic mass is 9.75. The first-order valence-corrected chi connectivity index (χ1v) is 6.76. The molecule has 21 heavy (non-hydrogen) atoms. The van der Waals surface area contributed by atoms with E-state index in [4.69, 9.17) is 9.15 Å². The van der Waals surface area contributed by atoms with Crippen molar-refractivity contribution < 1.29 is 27.8 Å². The molecule has 0 bridgehead atoms. The SMILES string of the molecule is COCC(NC(=O)C(F)(F)C1(O)CCC1)c1ccc(C)o1. The number of carbonyl (C=O) groups excluding carboxylic acids is 1. The van der Waals surface area contributed by atoms with Crippen LogP contribution in [0.3, 0.4) is 0 Å². The summed E-state index contributed by atoms with van der Waals surface area (Å²) >= 11 is 0. The van der Waals surface area contributed by atoms with E-state index in [1.54, 1.807) is 19.1 Å². The number of hydrogen-bond donors (Lipinski definition) is 2. The molecule has 1 aliphatic carbocycles. The van der Waals surface area contributed by atoms with Crippen molar-refractivity contribution in [1.82, 2.24) is 5.32 Å². The van der Waals surface area contributed by atoms with Crippen LogP contribution in [0.5, 0.6) is 0 Å². The molecule has 1 amide bonds. The summed E-state index contributed by atoms with van der Waals surface area (Å²) in [5.41, 5.74) is -2.24. The highest BCUT2D eigenvalue weighted by Crippen LogP contribution is 2.44. The van der Waals surface area contributed by atoms with Gasteiger partial charge in [0.25, 0.3) is 5.91 Å². The van der Waals surface area contributed by atoms with Gasteiger partial charge in [-0.25, -0.2) is 0 Å². The fraction of sp³-hybridized carbons (Fsp3) is 0.643. The van der Waals surface area contributed by atoms with Crippen molar-refractivity contribution >= 4 is 5.91 Å². The molecule has 2 rings (SSSR count). The third-order valence-electron chi connectivity index (χ3n) is 3.79. The largest absolute Gasteiger partial charge is 0.464 e. The third-order valence-corrected chi connectivity index (χ3v) is 3.79. The second-order valence-corrected chi connectivity index (χ2v) is 5.39. The zero-order valence-electron chi connectivity index (χ0n) is 12.0. The van der Waals surface area contributed by atoms with Crippen LogP contribution < -0.4 is 5.32 Å². The highest BCUT2D eigenvalue weighted by molar-refractivity contribution is 5.85. The van der Waals surface area contributed by atoms with Crippen LogP contribution in [0, 0.1) is 6.92 Å². The van der Waals surface area contributed by atoms with Gasteiger partial charge in [0.15, 0.2) is 0 Å². The molecule has 2 N–H and O–H groups in total. The molecule has 0 aromatic carbocycles. The zero-order chi connectivity index (χ0) is 15.7. The van der Waals surface area contributed by atoms with E-state index in [2.05, 4.69) is 5.32 Å². The molecule has 1 saturated carbocycles. The summed E-state index contributed by atoms with van der Waals surface area (Å²) in [5, 5.41) is 12.0. The number of rotatable bonds is 6. The van der Waals surface area contributed by atoms with Crippen LogP contribution >= 0.6 is 0 Å². The Balaban J connectivity index is 2.11. The van der Waals surface area contributed by atoms with Gasteiger partial charge in [-0.2, -0.15) is 8.78 Å². The Morgan fingerprint density at radius 1 is 1.57 bits per heavy atom. The molecular formula is C14H19F2NO4. The van der Waals surface area contributed by atoms with Gasteiger partial charge in [-0.15, -0.1) is 0 Å². The number of amides is 1. The molecule has 1 unspecified atom stereocenters. The highest BCUT2D eigenvalue weighted by atomic mass is 19.3. The van der Waals surface area contributed by atoms with E-state index in [1.807, 2.05) is 0 Å². The Morgan fingerprint density at radius 2 is 2.24 bits per heavy atom. The van der Waals surface area contributed by atoms with Crippen molar-refractivity contribution in [3.63, 3.8) is 0 Å². The Kier molecular flexibility index (Phi) is 4.34. The average Bonchev–Trinajstić information content (AvgIpc) is 2.81. The van der Waals surface area contributed by atoms with E-state index >= 15 is 0 Å². The maximum atomic E-state index is 14.0. The van der Waals surface area contributed by atoms with Crippen molar-refractivity contribution in [3.05, 3.63) is 23.7 Å². The molecule has 5 nitrogen and oxygen atoms in total. The minimum absolute atomic E-state index is 0.00674. The predicted molar refractivity (Wildman–Crippen MR) is 70.0 cm³/mol.